The van der Waals surface area contributed by atoms with Crippen LogP contribution in [0.2, 0.25) is 0 Å². The molecule has 0 aliphatic heterocycles. The van der Waals surface area contributed by atoms with Gasteiger partial charge >= 0.3 is 6.03 Å². The van der Waals surface area contributed by atoms with E-state index < -0.39 is 0 Å². The van der Waals surface area contributed by atoms with E-state index in [1.807, 2.05) is 0 Å². The first-order chi connectivity index (χ1) is 8.84. The highest BCUT2D eigenvalue weighted by Crippen LogP contribution is 2.28. The summed E-state index contributed by atoms with van der Waals surface area (Å²) in [5.41, 5.74) is 0. The number of carbonyl (C=O) groups is 1. The number of rotatable bonds is 5. The molecule has 0 unspecified atom stereocenters. The average molecular weight is 252 g/mol. The van der Waals surface area contributed by atoms with Crippen molar-refractivity contribution in [2.45, 2.75) is 76.7 Å². The molecule has 0 aromatic carbocycles. The molecule has 0 heterocycles. The van der Waals surface area contributed by atoms with Crippen molar-refractivity contribution in [1.29, 1.82) is 0 Å². The molecule has 0 radical (unpaired) electrons. The molecule has 0 atom stereocenters. The molecule has 2 saturated carbocycles. The molecule has 2 N–H and O–H groups in total. The third kappa shape index (κ3) is 4.87. The van der Waals surface area contributed by atoms with E-state index in [0.29, 0.717) is 6.04 Å². The van der Waals surface area contributed by atoms with Crippen LogP contribution in [0.5, 0.6) is 0 Å². The highest BCUT2D eigenvalue weighted by molar-refractivity contribution is 5.74. The molecule has 0 spiro atoms. The summed E-state index contributed by atoms with van der Waals surface area (Å²) in [7, 11) is 0. The van der Waals surface area contributed by atoms with Crippen molar-refractivity contribution in [3.63, 3.8) is 0 Å². The van der Waals surface area contributed by atoms with Crippen LogP contribution < -0.4 is 10.6 Å². The average Bonchev–Trinajstić information content (AvgIpc) is 2.89. The van der Waals surface area contributed by atoms with Crippen LogP contribution >= 0.6 is 0 Å². The lowest BCUT2D eigenvalue weighted by atomic mass is 9.96. The van der Waals surface area contributed by atoms with Crippen molar-refractivity contribution in [2.75, 3.05) is 6.54 Å². The second kappa shape index (κ2) is 7.65. The molecule has 18 heavy (non-hydrogen) atoms. The Bertz CT molecular complexity index is 243. The Kier molecular flexibility index (Phi) is 5.82. The first-order valence-electron chi connectivity index (χ1n) is 7.89. The number of urea groups is 1. The summed E-state index contributed by atoms with van der Waals surface area (Å²) in [5, 5.41) is 6.10. The minimum atomic E-state index is 0.0494. The van der Waals surface area contributed by atoms with Crippen LogP contribution in [-0.2, 0) is 0 Å². The van der Waals surface area contributed by atoms with Gasteiger partial charge in [-0.15, -0.1) is 0 Å². The Labute approximate surface area is 111 Å². The highest BCUT2D eigenvalue weighted by atomic mass is 16.2. The van der Waals surface area contributed by atoms with Crippen molar-refractivity contribution in [3.05, 3.63) is 0 Å². The molecular formula is C15H28N2O. The molecule has 2 amide bonds. The van der Waals surface area contributed by atoms with Gasteiger partial charge in [0.2, 0.25) is 0 Å². The van der Waals surface area contributed by atoms with Gasteiger partial charge in [0.15, 0.2) is 0 Å². The summed E-state index contributed by atoms with van der Waals surface area (Å²) in [6.07, 6.45) is 14.3. The van der Waals surface area contributed by atoms with Gasteiger partial charge in [-0.3, -0.25) is 0 Å². The Morgan fingerprint density at radius 2 is 1.61 bits per heavy atom. The minimum Gasteiger partial charge on any atom is -0.338 e. The fourth-order valence-corrected chi connectivity index (χ4v) is 3.38. The molecular weight excluding hydrogens is 224 g/mol. The quantitative estimate of drug-likeness (QED) is 0.721. The molecule has 3 heteroatoms. The molecule has 0 bridgehead atoms. The fraction of sp³-hybridized carbons (Fsp3) is 0.933. The molecule has 2 fully saturated rings. The van der Waals surface area contributed by atoms with E-state index in [0.717, 1.165) is 31.7 Å². The van der Waals surface area contributed by atoms with E-state index in [-0.39, 0.29) is 6.03 Å². The van der Waals surface area contributed by atoms with Crippen molar-refractivity contribution in [2.24, 2.45) is 5.92 Å². The lowest BCUT2D eigenvalue weighted by molar-refractivity contribution is 0.232. The predicted octanol–water partition coefficient (Wildman–Crippen LogP) is 3.59. The maximum Gasteiger partial charge on any atom is 0.315 e. The van der Waals surface area contributed by atoms with Crippen LogP contribution in [0.15, 0.2) is 0 Å². The lowest BCUT2D eigenvalue weighted by Gasteiger charge is -2.22. The Morgan fingerprint density at radius 3 is 2.33 bits per heavy atom. The van der Waals surface area contributed by atoms with Crippen LogP contribution in [0.3, 0.4) is 0 Å². The van der Waals surface area contributed by atoms with Gasteiger partial charge in [0, 0.05) is 12.6 Å². The predicted molar refractivity (Wildman–Crippen MR) is 74.6 cm³/mol. The summed E-state index contributed by atoms with van der Waals surface area (Å²) in [6, 6.07) is 0.474. The van der Waals surface area contributed by atoms with Crippen LogP contribution in [0.1, 0.15) is 70.6 Å². The smallest absolute Gasteiger partial charge is 0.315 e. The van der Waals surface area contributed by atoms with Gasteiger partial charge in [0.05, 0.1) is 0 Å². The fourth-order valence-electron chi connectivity index (χ4n) is 3.38. The summed E-state index contributed by atoms with van der Waals surface area (Å²) >= 11 is 0. The van der Waals surface area contributed by atoms with Crippen molar-refractivity contribution in [3.8, 4) is 0 Å². The summed E-state index contributed by atoms with van der Waals surface area (Å²) in [5.74, 6) is 0.938. The third-order valence-corrected chi connectivity index (χ3v) is 4.49. The zero-order valence-corrected chi connectivity index (χ0v) is 11.5. The molecule has 0 saturated heterocycles. The van der Waals surface area contributed by atoms with Gasteiger partial charge in [0.25, 0.3) is 0 Å². The van der Waals surface area contributed by atoms with E-state index in [2.05, 4.69) is 10.6 Å². The number of nitrogens with one attached hydrogen (secondary N) is 2. The van der Waals surface area contributed by atoms with Crippen LogP contribution in [0.25, 0.3) is 0 Å². The standard InChI is InChI=1S/C15H28N2O/c18-15(17-14-10-2-1-3-11-14)16-12-6-9-13-7-4-5-8-13/h13-14H,1-12H2,(H2,16,17,18). The normalized spacial score (nSPS) is 22.0. The molecule has 0 aromatic heterocycles. The second-order valence-corrected chi connectivity index (χ2v) is 6.03. The summed E-state index contributed by atoms with van der Waals surface area (Å²) in [4.78, 5) is 11.7. The van der Waals surface area contributed by atoms with Gasteiger partial charge in [-0.1, -0.05) is 44.9 Å². The third-order valence-electron chi connectivity index (χ3n) is 4.49. The Hall–Kier alpha value is -0.730. The van der Waals surface area contributed by atoms with Crippen LogP contribution in [0, 0.1) is 5.92 Å². The van der Waals surface area contributed by atoms with E-state index in [1.54, 1.807) is 0 Å². The summed E-state index contributed by atoms with van der Waals surface area (Å²) < 4.78 is 0. The van der Waals surface area contributed by atoms with E-state index >= 15 is 0 Å². The SMILES string of the molecule is O=C(NCCCC1CCCC1)NC1CCCCC1. The number of hydrogen-bond donors (Lipinski definition) is 2. The number of carbonyl (C=O) groups excluding carboxylic acids is 1. The van der Waals surface area contributed by atoms with Gasteiger partial charge in [-0.25, -0.2) is 4.79 Å². The molecule has 2 aliphatic carbocycles. The van der Waals surface area contributed by atoms with E-state index in [1.165, 1.54) is 51.4 Å². The highest BCUT2D eigenvalue weighted by Gasteiger charge is 2.16. The zero-order chi connectivity index (χ0) is 12.6. The first kappa shape index (κ1) is 13.7. The maximum atomic E-state index is 11.7. The van der Waals surface area contributed by atoms with Gasteiger partial charge in [0.1, 0.15) is 0 Å². The zero-order valence-electron chi connectivity index (χ0n) is 11.5. The van der Waals surface area contributed by atoms with Gasteiger partial charge in [-0.2, -0.15) is 0 Å². The van der Waals surface area contributed by atoms with Crippen molar-refractivity contribution >= 4 is 6.03 Å². The van der Waals surface area contributed by atoms with Crippen molar-refractivity contribution in [1.82, 2.24) is 10.6 Å². The molecule has 2 rings (SSSR count). The number of hydrogen-bond acceptors (Lipinski definition) is 1. The summed E-state index contributed by atoms with van der Waals surface area (Å²) in [6.45, 7) is 0.842. The largest absolute Gasteiger partial charge is 0.338 e. The molecule has 2 aliphatic rings. The minimum absolute atomic E-state index is 0.0494. The maximum absolute atomic E-state index is 11.7. The second-order valence-electron chi connectivity index (χ2n) is 6.03. The molecule has 3 nitrogen and oxygen atoms in total. The van der Waals surface area contributed by atoms with E-state index in [9.17, 15) is 4.79 Å². The van der Waals surface area contributed by atoms with Crippen LogP contribution in [0.4, 0.5) is 4.79 Å². The monoisotopic (exact) mass is 252 g/mol. The Morgan fingerprint density at radius 1 is 0.944 bits per heavy atom. The van der Waals surface area contributed by atoms with Crippen molar-refractivity contribution < 1.29 is 4.79 Å². The topological polar surface area (TPSA) is 41.1 Å². The number of amides is 2. The van der Waals surface area contributed by atoms with Gasteiger partial charge in [-0.05, 0) is 31.6 Å². The van der Waals surface area contributed by atoms with E-state index in [4.69, 9.17) is 0 Å². The first-order valence-corrected chi connectivity index (χ1v) is 7.89. The molecule has 0 aromatic rings. The Balaban J connectivity index is 1.48. The van der Waals surface area contributed by atoms with Crippen LogP contribution in [-0.4, -0.2) is 18.6 Å². The van der Waals surface area contributed by atoms with Gasteiger partial charge < -0.3 is 10.6 Å². The molecule has 104 valence electrons. The lowest BCUT2D eigenvalue weighted by Crippen LogP contribution is -2.43.